The van der Waals surface area contributed by atoms with E-state index in [1.165, 1.54) is 12.8 Å². The van der Waals surface area contributed by atoms with Crippen LogP contribution in [0.2, 0.25) is 0 Å². The minimum Gasteiger partial charge on any atom is -0.378 e. The Labute approximate surface area is 175 Å². The van der Waals surface area contributed by atoms with Gasteiger partial charge < -0.3 is 19.1 Å². The number of piperidine rings is 1. The molecule has 0 unspecified atom stereocenters. The Hall–Kier alpha value is -2.86. The topological polar surface area (TPSA) is 58.8 Å². The maximum atomic E-state index is 13.7. The van der Waals surface area contributed by atoms with Crippen molar-refractivity contribution >= 4 is 28.1 Å². The number of fused-ring (bicyclic) bond motifs is 2. The van der Waals surface area contributed by atoms with Crippen LogP contribution in [-0.4, -0.2) is 50.3 Å². The number of ether oxygens (including phenoxy) is 1. The number of aromatic nitrogens is 1. The molecule has 0 bridgehead atoms. The van der Waals surface area contributed by atoms with Gasteiger partial charge in [-0.05, 0) is 24.8 Å². The van der Waals surface area contributed by atoms with E-state index in [-0.39, 0.29) is 5.78 Å². The van der Waals surface area contributed by atoms with Crippen LogP contribution in [0.1, 0.15) is 35.7 Å². The van der Waals surface area contributed by atoms with Gasteiger partial charge in [0.1, 0.15) is 5.52 Å². The smallest absolute Gasteiger partial charge is 0.196 e. The van der Waals surface area contributed by atoms with E-state index in [9.17, 15) is 4.79 Å². The van der Waals surface area contributed by atoms with Gasteiger partial charge in [0.25, 0.3) is 0 Å². The van der Waals surface area contributed by atoms with Gasteiger partial charge in [-0.1, -0.05) is 36.3 Å². The van der Waals surface area contributed by atoms with Gasteiger partial charge in [0, 0.05) is 37.3 Å². The molecule has 1 aliphatic carbocycles. The third-order valence-electron chi connectivity index (χ3n) is 6.71. The third kappa shape index (κ3) is 2.59. The molecule has 1 atom stereocenters. The van der Waals surface area contributed by atoms with Crippen molar-refractivity contribution in [1.82, 2.24) is 5.16 Å². The van der Waals surface area contributed by atoms with E-state index in [4.69, 9.17) is 9.26 Å². The summed E-state index contributed by atoms with van der Waals surface area (Å²) in [5.41, 5.74) is 5.16. The van der Waals surface area contributed by atoms with Crippen LogP contribution < -0.4 is 9.80 Å². The van der Waals surface area contributed by atoms with Crippen molar-refractivity contribution in [2.24, 2.45) is 5.92 Å². The normalized spacial score (nSPS) is 21.2. The predicted molar refractivity (Wildman–Crippen MR) is 117 cm³/mol. The summed E-state index contributed by atoms with van der Waals surface area (Å²) in [6.45, 7) is 7.23. The molecule has 2 fully saturated rings. The van der Waals surface area contributed by atoms with Crippen LogP contribution in [0.5, 0.6) is 0 Å². The Morgan fingerprint density at radius 3 is 2.63 bits per heavy atom. The average Bonchev–Trinajstić information content (AvgIpc) is 3.23. The molecule has 2 aromatic carbocycles. The number of ketones is 1. The van der Waals surface area contributed by atoms with Gasteiger partial charge in [-0.2, -0.15) is 0 Å². The zero-order valence-electron chi connectivity index (χ0n) is 17.2. The van der Waals surface area contributed by atoms with Crippen molar-refractivity contribution < 1.29 is 14.1 Å². The fraction of sp³-hybridized carbons (Fsp3) is 0.417. The van der Waals surface area contributed by atoms with E-state index in [1.807, 2.05) is 24.3 Å². The SMILES string of the molecule is C[C@H]1CCCN(c2cc(N3CCOCC3)c3c4c(onc24)-c2ccccc2C3=O)C1. The Balaban J connectivity index is 1.63. The molecular weight excluding hydrogens is 378 g/mol. The minimum absolute atomic E-state index is 0.0614. The van der Waals surface area contributed by atoms with E-state index < -0.39 is 0 Å². The second kappa shape index (κ2) is 6.84. The van der Waals surface area contributed by atoms with E-state index in [0.29, 0.717) is 24.7 Å². The lowest BCUT2D eigenvalue weighted by Crippen LogP contribution is -2.38. The Bertz CT molecular complexity index is 1150. The van der Waals surface area contributed by atoms with Gasteiger partial charge in [0.2, 0.25) is 0 Å². The lowest BCUT2D eigenvalue weighted by Gasteiger charge is -2.36. The van der Waals surface area contributed by atoms with Crippen LogP contribution in [0.25, 0.3) is 22.2 Å². The number of hydrogen-bond acceptors (Lipinski definition) is 6. The van der Waals surface area contributed by atoms with Crippen molar-refractivity contribution in [2.75, 3.05) is 49.2 Å². The first-order chi connectivity index (χ1) is 14.7. The molecule has 0 amide bonds. The lowest BCUT2D eigenvalue weighted by atomic mass is 9.85. The number of morpholine rings is 1. The number of anilines is 2. The van der Waals surface area contributed by atoms with Crippen LogP contribution in [0, 0.1) is 5.92 Å². The third-order valence-corrected chi connectivity index (χ3v) is 6.71. The standard InChI is InChI=1S/C24H25N3O3/c1-15-5-4-8-27(14-15)19-13-18(26-9-11-29-12-10-26)20-21-22(19)25-30-24(21)17-7-3-2-6-16(17)23(20)28/h2-3,6-7,13,15H,4-5,8-12,14H2,1H3/t15-/m0/s1. The van der Waals surface area contributed by atoms with E-state index in [1.54, 1.807) is 0 Å². The highest BCUT2D eigenvalue weighted by Crippen LogP contribution is 2.47. The minimum atomic E-state index is 0.0614. The van der Waals surface area contributed by atoms with Crippen molar-refractivity contribution in [1.29, 1.82) is 0 Å². The van der Waals surface area contributed by atoms with Crippen LogP contribution in [0.15, 0.2) is 34.9 Å². The van der Waals surface area contributed by atoms with Crippen LogP contribution in [-0.2, 0) is 4.74 Å². The molecule has 6 heteroatoms. The summed E-state index contributed by atoms with van der Waals surface area (Å²) in [6.07, 6.45) is 2.42. The molecule has 0 spiro atoms. The molecule has 0 radical (unpaired) electrons. The van der Waals surface area contributed by atoms with Gasteiger partial charge in [0.15, 0.2) is 11.5 Å². The summed E-state index contributed by atoms with van der Waals surface area (Å²) < 4.78 is 11.5. The first-order valence-electron chi connectivity index (χ1n) is 10.9. The molecule has 0 saturated carbocycles. The van der Waals surface area contributed by atoms with E-state index in [0.717, 1.165) is 65.3 Å². The number of carbonyl (C=O) groups is 1. The molecule has 2 saturated heterocycles. The van der Waals surface area contributed by atoms with Crippen LogP contribution in [0.3, 0.4) is 0 Å². The van der Waals surface area contributed by atoms with Crippen molar-refractivity contribution in [3.8, 4) is 11.3 Å². The highest BCUT2D eigenvalue weighted by atomic mass is 16.5. The molecule has 3 aliphatic rings. The molecule has 6 nitrogen and oxygen atoms in total. The first-order valence-corrected chi connectivity index (χ1v) is 10.9. The van der Waals surface area contributed by atoms with Crippen molar-refractivity contribution in [3.63, 3.8) is 0 Å². The van der Waals surface area contributed by atoms with Gasteiger partial charge >= 0.3 is 0 Å². The Kier molecular flexibility index (Phi) is 4.09. The molecule has 3 heterocycles. The largest absolute Gasteiger partial charge is 0.378 e. The van der Waals surface area contributed by atoms with Gasteiger partial charge in [-0.15, -0.1) is 0 Å². The van der Waals surface area contributed by atoms with Crippen molar-refractivity contribution in [2.45, 2.75) is 19.8 Å². The molecule has 0 N–H and O–H groups in total. The highest BCUT2D eigenvalue weighted by molar-refractivity contribution is 6.28. The fourth-order valence-electron chi connectivity index (χ4n) is 5.23. The number of carbonyl (C=O) groups excluding carboxylic acids is 1. The summed E-state index contributed by atoms with van der Waals surface area (Å²) >= 11 is 0. The number of rotatable bonds is 2. The molecule has 6 rings (SSSR count). The zero-order chi connectivity index (χ0) is 20.2. The first kappa shape index (κ1) is 18.0. The lowest BCUT2D eigenvalue weighted by molar-refractivity contribution is 0.103. The average molecular weight is 403 g/mol. The molecule has 30 heavy (non-hydrogen) atoms. The zero-order valence-corrected chi connectivity index (χ0v) is 17.2. The molecule has 1 aromatic heterocycles. The Morgan fingerprint density at radius 1 is 1.03 bits per heavy atom. The van der Waals surface area contributed by atoms with E-state index in [2.05, 4.69) is 27.9 Å². The maximum Gasteiger partial charge on any atom is 0.196 e. The molecule has 3 aromatic rings. The Morgan fingerprint density at radius 2 is 1.83 bits per heavy atom. The summed E-state index contributed by atoms with van der Waals surface area (Å²) in [5.74, 6) is 1.42. The van der Waals surface area contributed by atoms with E-state index >= 15 is 0 Å². The molecule has 2 aliphatic heterocycles. The molecular formula is C24H25N3O3. The van der Waals surface area contributed by atoms with Gasteiger partial charge in [0.05, 0.1) is 35.5 Å². The van der Waals surface area contributed by atoms with Gasteiger partial charge in [-0.3, -0.25) is 4.79 Å². The highest BCUT2D eigenvalue weighted by Gasteiger charge is 2.35. The number of nitrogens with zero attached hydrogens (tertiary/aromatic N) is 3. The van der Waals surface area contributed by atoms with Crippen LogP contribution >= 0.6 is 0 Å². The predicted octanol–water partition coefficient (Wildman–Crippen LogP) is 4.11. The quantitative estimate of drug-likeness (QED) is 0.502. The summed E-state index contributed by atoms with van der Waals surface area (Å²) in [4.78, 5) is 18.4. The second-order valence-corrected chi connectivity index (χ2v) is 8.69. The van der Waals surface area contributed by atoms with Crippen LogP contribution in [0.4, 0.5) is 11.4 Å². The maximum absolute atomic E-state index is 13.7. The fourth-order valence-corrected chi connectivity index (χ4v) is 5.23. The van der Waals surface area contributed by atoms with Gasteiger partial charge in [-0.25, -0.2) is 0 Å². The number of hydrogen-bond donors (Lipinski definition) is 0. The summed E-state index contributed by atoms with van der Waals surface area (Å²) in [7, 11) is 0. The summed E-state index contributed by atoms with van der Waals surface area (Å²) in [5, 5.41) is 5.37. The second-order valence-electron chi connectivity index (χ2n) is 8.69. The number of benzene rings is 2. The molecule has 154 valence electrons. The van der Waals surface area contributed by atoms with Crippen molar-refractivity contribution in [3.05, 3.63) is 41.5 Å². The summed E-state index contributed by atoms with van der Waals surface area (Å²) in [6, 6.07) is 9.88. The monoisotopic (exact) mass is 403 g/mol.